The molecule has 0 saturated carbocycles. The first-order chi connectivity index (χ1) is 7.38. The Morgan fingerprint density at radius 1 is 1.38 bits per heavy atom. The average molecular weight is 245 g/mol. The summed E-state index contributed by atoms with van der Waals surface area (Å²) in [6, 6.07) is 0. The SMILES string of the molecule is CC[N+]1=C(CCOC)CCO1.F[B-](F)(F)F. The van der Waals surface area contributed by atoms with Gasteiger partial charge in [0.25, 0.3) is 0 Å². The molecule has 1 aliphatic rings. The van der Waals surface area contributed by atoms with Crippen LogP contribution in [0.1, 0.15) is 19.8 Å². The lowest BCUT2D eigenvalue weighted by molar-refractivity contribution is -0.776. The van der Waals surface area contributed by atoms with Gasteiger partial charge >= 0.3 is 7.25 Å². The zero-order valence-corrected chi connectivity index (χ0v) is 9.39. The van der Waals surface area contributed by atoms with Gasteiger partial charge in [0.05, 0.1) is 19.4 Å². The van der Waals surface area contributed by atoms with Gasteiger partial charge in [0.1, 0.15) is 0 Å². The fourth-order valence-electron chi connectivity index (χ4n) is 1.27. The minimum Gasteiger partial charge on any atom is -0.418 e. The van der Waals surface area contributed by atoms with Gasteiger partial charge in [-0.15, -0.1) is 0 Å². The van der Waals surface area contributed by atoms with E-state index in [0.29, 0.717) is 0 Å². The normalized spacial score (nSPS) is 15.6. The number of rotatable bonds is 4. The van der Waals surface area contributed by atoms with Crippen LogP contribution in [0.3, 0.4) is 0 Å². The van der Waals surface area contributed by atoms with Crippen LogP contribution in [0.5, 0.6) is 0 Å². The molecule has 0 atom stereocenters. The van der Waals surface area contributed by atoms with E-state index in [2.05, 4.69) is 6.92 Å². The van der Waals surface area contributed by atoms with Gasteiger partial charge < -0.3 is 22.0 Å². The molecule has 0 aromatic carbocycles. The molecule has 96 valence electrons. The Bertz CT molecular complexity index is 227. The van der Waals surface area contributed by atoms with E-state index < -0.39 is 7.25 Å². The highest BCUT2D eigenvalue weighted by Gasteiger charge is 2.22. The number of halogens is 4. The van der Waals surface area contributed by atoms with Gasteiger partial charge in [-0.1, -0.05) is 0 Å². The van der Waals surface area contributed by atoms with E-state index >= 15 is 0 Å². The third kappa shape index (κ3) is 8.52. The molecule has 8 heteroatoms. The summed E-state index contributed by atoms with van der Waals surface area (Å²) < 4.78 is 46.0. The van der Waals surface area contributed by atoms with Crippen molar-refractivity contribution in [3.05, 3.63) is 0 Å². The van der Waals surface area contributed by atoms with Crippen LogP contribution in [0.15, 0.2) is 0 Å². The predicted octanol–water partition coefficient (Wildman–Crippen LogP) is 2.13. The van der Waals surface area contributed by atoms with Crippen molar-refractivity contribution in [1.29, 1.82) is 0 Å². The Labute approximate surface area is 92.1 Å². The first kappa shape index (κ1) is 15.2. The van der Waals surface area contributed by atoms with Gasteiger partial charge in [0, 0.05) is 7.11 Å². The van der Waals surface area contributed by atoms with Gasteiger partial charge in [0.15, 0.2) is 13.2 Å². The highest BCUT2D eigenvalue weighted by Crippen LogP contribution is 2.06. The lowest BCUT2D eigenvalue weighted by atomic mass is 10.2. The first-order valence-electron chi connectivity index (χ1n) is 5.00. The van der Waals surface area contributed by atoms with Crippen LogP contribution in [0.25, 0.3) is 0 Å². The molecule has 1 heterocycles. The summed E-state index contributed by atoms with van der Waals surface area (Å²) in [5.41, 5.74) is 1.37. The van der Waals surface area contributed by atoms with Crippen molar-refractivity contribution in [2.24, 2.45) is 0 Å². The Balaban J connectivity index is 0.000000385. The van der Waals surface area contributed by atoms with Crippen molar-refractivity contribution in [3.63, 3.8) is 0 Å². The quantitative estimate of drug-likeness (QED) is 0.430. The third-order valence-corrected chi connectivity index (χ3v) is 1.87. The Morgan fingerprint density at radius 2 is 1.94 bits per heavy atom. The monoisotopic (exact) mass is 245 g/mol. The van der Waals surface area contributed by atoms with Crippen molar-refractivity contribution in [2.75, 3.05) is 26.9 Å². The lowest BCUT2D eigenvalue weighted by Gasteiger charge is -1.95. The molecular weight excluding hydrogens is 229 g/mol. The molecule has 0 aliphatic carbocycles. The van der Waals surface area contributed by atoms with Gasteiger partial charge in [-0.25, -0.2) is 0 Å². The molecule has 0 bridgehead atoms. The third-order valence-electron chi connectivity index (χ3n) is 1.87. The number of hydrogen-bond acceptors (Lipinski definition) is 2. The zero-order chi connectivity index (χ0) is 12.6. The van der Waals surface area contributed by atoms with Gasteiger partial charge in [-0.3, -0.25) is 4.84 Å². The minimum absolute atomic E-state index is 0.801. The van der Waals surface area contributed by atoms with E-state index in [1.807, 2.05) is 4.74 Å². The average Bonchev–Trinajstić information content (AvgIpc) is 2.59. The van der Waals surface area contributed by atoms with Gasteiger partial charge in [0.2, 0.25) is 5.71 Å². The number of nitrogens with zero attached hydrogens (tertiary/aromatic N) is 1. The highest BCUT2D eigenvalue weighted by molar-refractivity contribution is 6.50. The molecule has 0 radical (unpaired) electrons. The Morgan fingerprint density at radius 3 is 2.38 bits per heavy atom. The number of methoxy groups -OCH3 is 1. The predicted molar refractivity (Wildman–Crippen MR) is 53.1 cm³/mol. The number of ether oxygens (including phenoxy) is 1. The topological polar surface area (TPSA) is 21.5 Å². The van der Waals surface area contributed by atoms with E-state index in [1.54, 1.807) is 7.11 Å². The molecule has 0 unspecified atom stereocenters. The van der Waals surface area contributed by atoms with E-state index in [9.17, 15) is 17.3 Å². The van der Waals surface area contributed by atoms with E-state index in [1.165, 1.54) is 5.71 Å². The summed E-state index contributed by atoms with van der Waals surface area (Å²) in [6.45, 7) is 4.68. The van der Waals surface area contributed by atoms with Crippen LogP contribution in [-0.2, 0) is 9.57 Å². The summed E-state index contributed by atoms with van der Waals surface area (Å²) in [4.78, 5) is 5.35. The zero-order valence-electron chi connectivity index (χ0n) is 9.39. The minimum atomic E-state index is -6.00. The summed E-state index contributed by atoms with van der Waals surface area (Å²) in [5, 5.41) is 0. The van der Waals surface area contributed by atoms with Crippen molar-refractivity contribution in [2.45, 2.75) is 19.8 Å². The smallest absolute Gasteiger partial charge is 0.418 e. The fourth-order valence-corrected chi connectivity index (χ4v) is 1.27. The largest absolute Gasteiger partial charge is 0.673 e. The summed E-state index contributed by atoms with van der Waals surface area (Å²) in [6.07, 6.45) is 2.07. The molecule has 0 aromatic heterocycles. The van der Waals surface area contributed by atoms with Crippen LogP contribution in [-0.4, -0.2) is 44.6 Å². The van der Waals surface area contributed by atoms with E-state index in [-0.39, 0.29) is 0 Å². The van der Waals surface area contributed by atoms with Crippen LogP contribution in [0.2, 0.25) is 0 Å². The van der Waals surface area contributed by atoms with Crippen molar-refractivity contribution in [3.8, 4) is 0 Å². The second kappa shape index (κ2) is 7.48. The van der Waals surface area contributed by atoms with Crippen molar-refractivity contribution < 1.29 is 31.6 Å². The Hall–Kier alpha value is -0.785. The fraction of sp³-hybridized carbons (Fsp3) is 0.875. The summed E-state index contributed by atoms with van der Waals surface area (Å²) >= 11 is 0. The summed E-state index contributed by atoms with van der Waals surface area (Å²) in [5.74, 6) is 0. The van der Waals surface area contributed by atoms with Crippen molar-refractivity contribution >= 4 is 13.0 Å². The van der Waals surface area contributed by atoms with Gasteiger partial charge in [-0.05, 0) is 11.7 Å². The van der Waals surface area contributed by atoms with Gasteiger partial charge in [-0.2, -0.15) is 0 Å². The van der Waals surface area contributed by atoms with Crippen LogP contribution < -0.4 is 0 Å². The number of hydrogen-bond donors (Lipinski definition) is 0. The van der Waals surface area contributed by atoms with Crippen molar-refractivity contribution in [1.82, 2.24) is 0 Å². The maximum absolute atomic E-state index is 9.75. The van der Waals surface area contributed by atoms with Crippen LogP contribution in [0, 0.1) is 0 Å². The molecule has 0 aromatic rings. The van der Waals surface area contributed by atoms with Crippen LogP contribution in [0.4, 0.5) is 17.3 Å². The molecule has 0 saturated heterocycles. The second-order valence-electron chi connectivity index (χ2n) is 3.08. The molecule has 0 fully saturated rings. The summed E-state index contributed by atoms with van der Waals surface area (Å²) in [7, 11) is -4.27. The first-order valence-corrected chi connectivity index (χ1v) is 5.00. The standard InChI is InChI=1S/C8H16NO2.BF4/c1-3-9-8(4-6-10-2)5-7-11-9;2-1(3,4)5/h3-7H2,1-2H3;/q+1;-1. The Kier molecular flexibility index (Phi) is 7.11. The highest BCUT2D eigenvalue weighted by atomic mass is 19.5. The molecule has 0 N–H and O–H groups in total. The van der Waals surface area contributed by atoms with E-state index in [4.69, 9.17) is 9.57 Å². The molecule has 1 rings (SSSR count). The van der Waals surface area contributed by atoms with Crippen LogP contribution >= 0.6 is 0 Å². The molecule has 0 amide bonds. The molecular formula is C8H16BF4NO2. The molecule has 3 nitrogen and oxygen atoms in total. The molecule has 16 heavy (non-hydrogen) atoms. The second-order valence-corrected chi connectivity index (χ2v) is 3.08. The van der Waals surface area contributed by atoms with E-state index in [0.717, 1.165) is 32.6 Å². The maximum Gasteiger partial charge on any atom is 0.673 e. The number of hydroxylamine groups is 1. The lowest BCUT2D eigenvalue weighted by Crippen LogP contribution is -2.14. The molecule has 0 spiro atoms. The maximum atomic E-state index is 9.75. The molecule has 1 aliphatic heterocycles.